The highest BCUT2D eigenvalue weighted by atomic mass is 16.5. The number of aliphatic hydroxyl groups excluding tert-OH is 1. The van der Waals surface area contributed by atoms with Gasteiger partial charge in [-0.2, -0.15) is 0 Å². The molecular weight excluding hydrogens is 358 g/mol. The minimum Gasteiger partial charge on any atom is -0.396 e. The van der Waals surface area contributed by atoms with Crippen molar-refractivity contribution in [1.29, 1.82) is 0 Å². The number of hydroxylamine groups is 1. The number of aliphatic hydroxyl groups is 1. The lowest BCUT2D eigenvalue weighted by molar-refractivity contribution is -0.134. The van der Waals surface area contributed by atoms with Gasteiger partial charge in [-0.1, -0.05) is 11.8 Å². The molecule has 6 N–H and O–H groups in total. The van der Waals surface area contributed by atoms with Gasteiger partial charge in [0.05, 0.1) is 0 Å². The Morgan fingerprint density at radius 2 is 1.96 bits per heavy atom. The van der Waals surface area contributed by atoms with Crippen molar-refractivity contribution >= 4 is 11.8 Å². The molecule has 0 heterocycles. The van der Waals surface area contributed by atoms with E-state index in [1.54, 1.807) is 29.7 Å². The Morgan fingerprint density at radius 3 is 2.50 bits per heavy atom. The van der Waals surface area contributed by atoms with E-state index in [1.807, 2.05) is 0 Å². The fourth-order valence-corrected chi connectivity index (χ4v) is 3.19. The van der Waals surface area contributed by atoms with E-state index >= 15 is 0 Å². The van der Waals surface area contributed by atoms with Gasteiger partial charge < -0.3 is 16.2 Å². The van der Waals surface area contributed by atoms with E-state index in [2.05, 4.69) is 29.0 Å². The maximum Gasteiger partial charge on any atom is 0.267 e. The molecule has 3 atom stereocenters. The normalized spacial score (nSPS) is 22.2. The van der Waals surface area contributed by atoms with E-state index < -0.39 is 23.4 Å². The first-order valence-electron chi connectivity index (χ1n) is 9.23. The lowest BCUT2D eigenvalue weighted by atomic mass is 9.72. The van der Waals surface area contributed by atoms with Crippen LogP contribution >= 0.6 is 0 Å². The maximum atomic E-state index is 12.5. The number of benzene rings is 1. The number of hydrogen-bond acceptors (Lipinski definition) is 5. The van der Waals surface area contributed by atoms with Crippen LogP contribution in [0.15, 0.2) is 24.3 Å². The number of nitrogens with one attached hydrogen (secondary N) is 2. The third kappa shape index (κ3) is 4.52. The van der Waals surface area contributed by atoms with E-state index in [0.717, 1.165) is 12.8 Å². The fraction of sp³-hybridized carbons (Fsp3) is 0.429. The second-order valence-electron chi connectivity index (χ2n) is 7.35. The molecular formula is C21H23N3O4. The molecule has 0 bridgehead atoms. The minimum atomic E-state index is -1.00. The number of rotatable bonds is 5. The van der Waals surface area contributed by atoms with Crippen LogP contribution in [0.1, 0.15) is 41.6 Å². The van der Waals surface area contributed by atoms with Gasteiger partial charge in [0, 0.05) is 29.2 Å². The summed E-state index contributed by atoms with van der Waals surface area (Å²) in [5.41, 5.74) is 7.95. The molecule has 0 spiro atoms. The average molecular weight is 381 g/mol. The smallest absolute Gasteiger partial charge is 0.267 e. The van der Waals surface area contributed by atoms with Gasteiger partial charge >= 0.3 is 0 Å². The maximum absolute atomic E-state index is 12.5. The third-order valence-electron chi connectivity index (χ3n) is 5.34. The molecule has 1 aromatic carbocycles. The Bertz CT molecular complexity index is 869. The predicted octanol–water partition coefficient (Wildman–Crippen LogP) is 0.155. The molecule has 146 valence electrons. The summed E-state index contributed by atoms with van der Waals surface area (Å²) in [5, 5.41) is 20.5. The van der Waals surface area contributed by atoms with E-state index in [9.17, 15) is 9.59 Å². The zero-order valence-electron chi connectivity index (χ0n) is 15.4. The van der Waals surface area contributed by atoms with Crippen LogP contribution in [0.2, 0.25) is 0 Å². The molecule has 2 fully saturated rings. The molecule has 7 nitrogen and oxygen atoms in total. The quantitative estimate of drug-likeness (QED) is 0.282. The molecule has 2 saturated carbocycles. The monoisotopic (exact) mass is 381 g/mol. The van der Waals surface area contributed by atoms with E-state index in [4.69, 9.17) is 16.0 Å². The van der Waals surface area contributed by atoms with Gasteiger partial charge in [0.25, 0.3) is 11.8 Å². The van der Waals surface area contributed by atoms with Crippen molar-refractivity contribution in [2.24, 2.45) is 17.6 Å². The molecule has 3 rings (SSSR count). The molecule has 2 aliphatic carbocycles. The fourth-order valence-electron chi connectivity index (χ4n) is 3.19. The highest BCUT2D eigenvalue weighted by Gasteiger charge is 2.45. The molecule has 0 aromatic heterocycles. The molecule has 7 heteroatoms. The number of carbonyl (C=O) groups excluding carboxylic acids is 2. The summed E-state index contributed by atoms with van der Waals surface area (Å²) in [7, 11) is 0. The highest BCUT2D eigenvalue weighted by Crippen LogP contribution is 2.36. The molecule has 0 unspecified atom stereocenters. The van der Waals surface area contributed by atoms with Crippen LogP contribution in [0.3, 0.4) is 0 Å². The Kier molecular flexibility index (Phi) is 6.01. The number of hydrogen-bond donors (Lipinski definition) is 5. The second-order valence-corrected chi connectivity index (χ2v) is 7.35. The second kappa shape index (κ2) is 8.45. The van der Waals surface area contributed by atoms with Gasteiger partial charge in [0.15, 0.2) is 0 Å². The van der Waals surface area contributed by atoms with Crippen LogP contribution in [0.4, 0.5) is 0 Å². The van der Waals surface area contributed by atoms with Gasteiger partial charge in [-0.25, -0.2) is 5.48 Å². The van der Waals surface area contributed by atoms with Crippen LogP contribution in [0.5, 0.6) is 0 Å². The first kappa shape index (κ1) is 19.9. The summed E-state index contributed by atoms with van der Waals surface area (Å²) in [5.74, 6) is 10.8. The van der Waals surface area contributed by atoms with Crippen LogP contribution < -0.4 is 16.5 Å². The Labute approximate surface area is 163 Å². The molecule has 0 radical (unpaired) electrons. The first-order valence-corrected chi connectivity index (χ1v) is 9.23. The van der Waals surface area contributed by atoms with Crippen molar-refractivity contribution in [3.63, 3.8) is 0 Å². The SMILES string of the molecule is NC1([C@H](NC(=O)c2ccc(C#CC#C[C@@H]3C[C@H]3CO)cc2)C(=O)NO)CCC1. The first-order chi connectivity index (χ1) is 13.5. The van der Waals surface area contributed by atoms with Crippen molar-refractivity contribution in [2.75, 3.05) is 6.61 Å². The van der Waals surface area contributed by atoms with Gasteiger partial charge in [0.2, 0.25) is 0 Å². The summed E-state index contributed by atoms with van der Waals surface area (Å²) >= 11 is 0. The largest absolute Gasteiger partial charge is 0.396 e. The molecule has 0 aliphatic heterocycles. The van der Waals surface area contributed by atoms with Crippen LogP contribution in [-0.4, -0.2) is 40.3 Å². The summed E-state index contributed by atoms with van der Waals surface area (Å²) in [4.78, 5) is 24.4. The Balaban J connectivity index is 1.61. The van der Waals surface area contributed by atoms with Crippen molar-refractivity contribution in [3.05, 3.63) is 35.4 Å². The van der Waals surface area contributed by atoms with Crippen LogP contribution in [0.25, 0.3) is 0 Å². The topological polar surface area (TPSA) is 125 Å². The Morgan fingerprint density at radius 1 is 1.25 bits per heavy atom. The minimum absolute atomic E-state index is 0.169. The summed E-state index contributed by atoms with van der Waals surface area (Å²) in [6.45, 7) is 0.169. The van der Waals surface area contributed by atoms with Crippen molar-refractivity contribution in [3.8, 4) is 23.7 Å². The average Bonchev–Trinajstić information content (AvgIpc) is 3.46. The zero-order valence-corrected chi connectivity index (χ0v) is 15.4. The molecule has 1 aromatic rings. The zero-order chi connectivity index (χ0) is 20.1. The van der Waals surface area contributed by atoms with Gasteiger partial charge in [-0.3, -0.25) is 14.8 Å². The Hall–Kier alpha value is -2.84. The molecule has 2 amide bonds. The third-order valence-corrected chi connectivity index (χ3v) is 5.34. The van der Waals surface area contributed by atoms with Crippen molar-refractivity contribution < 1.29 is 19.9 Å². The van der Waals surface area contributed by atoms with Gasteiger partial charge in [-0.15, -0.1) is 0 Å². The van der Waals surface area contributed by atoms with Crippen molar-refractivity contribution in [2.45, 2.75) is 37.3 Å². The highest BCUT2D eigenvalue weighted by molar-refractivity contribution is 5.98. The summed E-state index contributed by atoms with van der Waals surface area (Å²) in [6.07, 6.45) is 3.00. The standard InChI is InChI=1S/C21H23N3O4/c22-21(10-3-11-21)18(20(27)24-28)23-19(26)15-8-6-14(7-9-15)4-1-2-5-16-12-17(16)13-25/h6-9,16-18,25,28H,3,10-13,22H2,(H,23,26)(H,24,27)/t16-,17+,18-/m1/s1. The van der Waals surface area contributed by atoms with E-state index in [0.29, 0.717) is 24.0 Å². The summed E-state index contributed by atoms with van der Waals surface area (Å²) < 4.78 is 0. The summed E-state index contributed by atoms with van der Waals surface area (Å²) in [6, 6.07) is 5.60. The van der Waals surface area contributed by atoms with Crippen molar-refractivity contribution in [1.82, 2.24) is 10.8 Å². The lowest BCUT2D eigenvalue weighted by Crippen LogP contribution is -2.67. The number of amides is 2. The number of nitrogens with two attached hydrogens (primary N) is 1. The van der Waals surface area contributed by atoms with Crippen LogP contribution in [0, 0.1) is 35.5 Å². The van der Waals surface area contributed by atoms with Gasteiger partial charge in [-0.05, 0) is 67.7 Å². The molecule has 0 saturated heterocycles. The lowest BCUT2D eigenvalue weighted by Gasteiger charge is -2.43. The predicted molar refractivity (Wildman–Crippen MR) is 102 cm³/mol. The van der Waals surface area contributed by atoms with Crippen LogP contribution in [-0.2, 0) is 4.79 Å². The number of carbonyl (C=O) groups is 2. The molecule has 28 heavy (non-hydrogen) atoms. The van der Waals surface area contributed by atoms with E-state index in [1.165, 1.54) is 0 Å². The molecule has 2 aliphatic rings. The van der Waals surface area contributed by atoms with E-state index in [-0.39, 0.29) is 18.4 Å². The van der Waals surface area contributed by atoms with Gasteiger partial charge in [0.1, 0.15) is 6.04 Å².